The fourth-order valence-corrected chi connectivity index (χ4v) is 15.2. The maximum absolute atomic E-state index is 13.2. The normalized spacial score (nSPS) is 22.9. The van der Waals surface area contributed by atoms with Gasteiger partial charge in [-0.3, -0.25) is 0 Å². The number of ether oxygens (including phenoxy) is 15. The minimum absolute atomic E-state index is 0.00110. The third-order valence-corrected chi connectivity index (χ3v) is 21.1. The lowest BCUT2D eigenvalue weighted by atomic mass is 9.96. The molecule has 0 saturated carbocycles. The van der Waals surface area contributed by atoms with Crippen LogP contribution >= 0.6 is 0 Å². The van der Waals surface area contributed by atoms with E-state index < -0.39 is 24.1 Å². The highest BCUT2D eigenvalue weighted by Gasteiger charge is 2.37. The summed E-state index contributed by atoms with van der Waals surface area (Å²) in [5, 5.41) is 20.1. The number of unbranched alkanes of at least 4 members (excludes halogenated alkanes) is 14. The lowest BCUT2D eigenvalue weighted by Crippen LogP contribution is -2.43. The summed E-state index contributed by atoms with van der Waals surface area (Å²) in [6.45, 7) is 20.0. The number of hydrogen-bond donors (Lipinski definition) is 2. The average molecular weight is 1550 g/mol. The maximum Gasteiger partial charge on any atom is 0.347 e. The molecule has 6 aromatic rings. The summed E-state index contributed by atoms with van der Waals surface area (Å²) in [7, 11) is 4.82. The summed E-state index contributed by atoms with van der Waals surface area (Å²) in [5.41, 5.74) is 5.28. The molecule has 14 atom stereocenters. The van der Waals surface area contributed by atoms with E-state index in [-0.39, 0.29) is 74.0 Å². The zero-order chi connectivity index (χ0) is 79.4. The van der Waals surface area contributed by atoms with Crippen molar-refractivity contribution in [1.82, 2.24) is 0 Å². The first kappa shape index (κ1) is 88.3. The Morgan fingerprint density at radius 3 is 1.05 bits per heavy atom. The second-order valence-corrected chi connectivity index (χ2v) is 30.3. The third kappa shape index (κ3) is 30.3. The molecule has 612 valence electrons. The number of hydrogen-bond acceptors (Lipinski definition) is 19. The molecule has 0 aliphatic carbocycles. The molecule has 0 radical (unpaired) electrons. The molecule has 4 fully saturated rings. The fourth-order valence-electron chi connectivity index (χ4n) is 15.2. The van der Waals surface area contributed by atoms with E-state index in [4.69, 9.17) is 77.6 Å². The predicted octanol–water partition coefficient (Wildman–Crippen LogP) is 20.7. The molecule has 0 bridgehead atoms. The molecule has 0 spiro atoms. The molecule has 4 saturated heterocycles. The van der Waals surface area contributed by atoms with Crippen molar-refractivity contribution in [2.75, 3.05) is 34.5 Å². The molecule has 2 N–H and O–H groups in total. The van der Waals surface area contributed by atoms with E-state index in [9.17, 15) is 19.8 Å². The van der Waals surface area contributed by atoms with Crippen molar-refractivity contribution in [3.63, 3.8) is 0 Å². The number of methoxy groups -OCH3 is 3. The van der Waals surface area contributed by atoms with Crippen molar-refractivity contribution in [2.45, 2.75) is 308 Å². The molecular formula is C92H125NO19. The van der Waals surface area contributed by atoms with E-state index in [0.29, 0.717) is 77.4 Å². The van der Waals surface area contributed by atoms with Gasteiger partial charge in [-0.2, -0.15) is 0 Å². The minimum Gasteiger partial charge on any atom is -0.497 e. The monoisotopic (exact) mass is 1550 g/mol. The van der Waals surface area contributed by atoms with Gasteiger partial charge in [0.25, 0.3) is 0 Å². The molecule has 112 heavy (non-hydrogen) atoms. The Labute approximate surface area is 665 Å². The Morgan fingerprint density at radius 2 is 0.705 bits per heavy atom. The van der Waals surface area contributed by atoms with Crippen LogP contribution in [0.3, 0.4) is 0 Å². The van der Waals surface area contributed by atoms with Crippen LogP contribution in [-0.2, 0) is 37.9 Å². The van der Waals surface area contributed by atoms with Gasteiger partial charge in [0.15, 0.2) is 30.8 Å². The van der Waals surface area contributed by atoms with Crippen LogP contribution in [0.5, 0.6) is 40.2 Å². The van der Waals surface area contributed by atoms with Crippen LogP contribution in [0.1, 0.15) is 242 Å². The molecule has 20 nitrogen and oxygen atoms in total. The van der Waals surface area contributed by atoms with Crippen LogP contribution in [0.2, 0.25) is 0 Å². The smallest absolute Gasteiger partial charge is 0.347 e. The molecule has 4 aliphatic rings. The highest BCUT2D eigenvalue weighted by atomic mass is 16.7. The van der Waals surface area contributed by atoms with Gasteiger partial charge in [-0.15, -0.1) is 0 Å². The number of benzene rings is 6. The lowest BCUT2D eigenvalue weighted by Gasteiger charge is -2.40. The number of aliphatic hydroxyl groups is 2. The highest BCUT2D eigenvalue weighted by molar-refractivity contribution is 5.95. The second kappa shape index (κ2) is 47.9. The molecule has 20 heteroatoms. The van der Waals surface area contributed by atoms with Gasteiger partial charge in [0, 0.05) is 50.7 Å². The van der Waals surface area contributed by atoms with Crippen molar-refractivity contribution in [3.05, 3.63) is 156 Å². The van der Waals surface area contributed by atoms with E-state index in [1.54, 1.807) is 94.1 Å². The van der Waals surface area contributed by atoms with E-state index in [2.05, 4.69) is 18.7 Å². The van der Waals surface area contributed by atoms with Gasteiger partial charge in [0.05, 0.1) is 102 Å². The largest absolute Gasteiger partial charge is 0.497 e. The summed E-state index contributed by atoms with van der Waals surface area (Å²) in [6, 6.07) is 40.2. The Kier molecular flexibility index (Phi) is 37.8. The summed E-state index contributed by atoms with van der Waals surface area (Å²) in [5.74, 6) is 2.82. The second-order valence-electron chi connectivity index (χ2n) is 30.3. The van der Waals surface area contributed by atoms with Crippen molar-refractivity contribution in [3.8, 4) is 62.5 Å². The van der Waals surface area contributed by atoms with Crippen molar-refractivity contribution < 1.29 is 90.9 Å². The zero-order valence-electron chi connectivity index (χ0n) is 67.8. The van der Waals surface area contributed by atoms with Crippen LogP contribution in [-0.4, -0.2) is 143 Å². The Morgan fingerprint density at radius 1 is 0.402 bits per heavy atom. The van der Waals surface area contributed by atoms with Gasteiger partial charge in [-0.25, -0.2) is 14.4 Å². The topological polar surface area (TPSA) is 217 Å². The van der Waals surface area contributed by atoms with Crippen molar-refractivity contribution >= 4 is 17.6 Å². The summed E-state index contributed by atoms with van der Waals surface area (Å²) in [4.78, 5) is 29.9. The third-order valence-electron chi connectivity index (χ3n) is 21.1. The van der Waals surface area contributed by atoms with Crippen LogP contribution < -0.4 is 33.2 Å². The first-order valence-electron chi connectivity index (χ1n) is 41.4. The summed E-state index contributed by atoms with van der Waals surface area (Å²) in [6.07, 6.45) is 26.6. The van der Waals surface area contributed by atoms with Gasteiger partial charge in [0.2, 0.25) is 0 Å². The van der Waals surface area contributed by atoms with Crippen molar-refractivity contribution in [2.24, 2.45) is 0 Å². The summed E-state index contributed by atoms with van der Waals surface area (Å²) >= 11 is 0. The average Bonchev–Trinajstić information content (AvgIpc) is 0.844. The van der Waals surface area contributed by atoms with Gasteiger partial charge in [-0.1, -0.05) is 152 Å². The molecule has 6 aromatic carbocycles. The number of rotatable bonds is 43. The Balaban J connectivity index is 0.000000257. The molecule has 14 unspecified atom stereocenters. The number of carbonyl (C=O) groups excluding carboxylic acids is 2. The number of carbonyl (C=O) groups is 2. The van der Waals surface area contributed by atoms with Crippen molar-refractivity contribution in [1.29, 1.82) is 0 Å². The van der Waals surface area contributed by atoms with Gasteiger partial charge >= 0.3 is 11.9 Å². The quantitative estimate of drug-likeness (QED) is 0.0157. The summed E-state index contributed by atoms with van der Waals surface area (Å²) < 4.78 is 89.0. The SMILES string of the molecule is CCC1CC(CC2CC(CC(C)O)OC(CCCCCCCCCCOc3cc(OC)ccc3C(=O)Oc3ccc(-c4ccc(OC)cc4)cc3)O2)OC(C)O1.[C-]#[N+]c1ccc(-c2ccc(OC(=O)c3ccc(OC)cc3OCCCCCCCCCCC3OC(CC(C)O)CC(CC4CC(CC)OC(C)O4)O3)cc2)cc1. The number of esters is 2. The maximum atomic E-state index is 13.2. The van der Waals surface area contributed by atoms with Gasteiger partial charge < -0.3 is 81.3 Å². The van der Waals surface area contributed by atoms with E-state index in [0.717, 1.165) is 156 Å². The Hall–Kier alpha value is -7.65. The van der Waals surface area contributed by atoms with Crippen LogP contribution in [0, 0.1) is 6.57 Å². The van der Waals surface area contributed by atoms with E-state index >= 15 is 0 Å². The molecular weight excluding hydrogens is 1420 g/mol. The number of nitrogens with zero attached hydrogens (tertiary/aromatic N) is 1. The fraction of sp³-hybridized carbons (Fsp3) is 0.576. The predicted molar refractivity (Wildman–Crippen MR) is 433 cm³/mol. The standard InChI is InChI=1S/C46H61NO9.C46H64O10/c1-6-37-28-41(53-33(3)52-37)30-42-29-40(27-32(2)48)54-45(55-42)15-13-11-9-7-8-10-12-14-26-51-44-31-39(50-5)24-25-43(44)46(49)56-38-22-18-35(19-23-38)34-16-20-36(47-4)21-17-34;1-6-36-28-41(53-33(3)52-36)30-42-29-40(27-32(2)47)54-45(55-42)15-13-11-9-7-8-10-12-14-26-51-44-31-39(50-5)24-25-43(44)46(48)56-38-22-18-35(19-23-38)34-16-20-37(49-4)21-17-34/h16-25,31-33,37,40-42,45,48H,6-15,26-30H2,1-3,5H3;16-25,31-33,36,40-42,45,47H,6-15,26-30H2,1-5H3. The molecule has 4 heterocycles. The minimum atomic E-state index is -0.498. The lowest BCUT2D eigenvalue weighted by molar-refractivity contribution is -0.272. The van der Waals surface area contributed by atoms with Gasteiger partial charge in [0.1, 0.15) is 51.4 Å². The van der Waals surface area contributed by atoms with Crippen LogP contribution in [0.25, 0.3) is 27.1 Å². The Bertz CT molecular complexity index is 3710. The molecule has 10 rings (SSSR count). The zero-order valence-corrected chi connectivity index (χ0v) is 67.8. The molecule has 0 aromatic heterocycles. The highest BCUT2D eigenvalue weighted by Crippen LogP contribution is 2.37. The number of aliphatic hydroxyl groups excluding tert-OH is 2. The van der Waals surface area contributed by atoms with E-state index in [1.165, 1.54) is 38.5 Å². The van der Waals surface area contributed by atoms with Crippen LogP contribution in [0.4, 0.5) is 5.69 Å². The molecule has 4 aliphatic heterocycles. The van der Waals surface area contributed by atoms with Crippen LogP contribution in [0.15, 0.2) is 133 Å². The first-order valence-corrected chi connectivity index (χ1v) is 41.4. The molecule has 0 amide bonds. The van der Waals surface area contributed by atoms with E-state index in [1.807, 2.05) is 88.4 Å². The first-order chi connectivity index (χ1) is 54.4. The van der Waals surface area contributed by atoms with Gasteiger partial charge in [-0.05, 0) is 175 Å².